The third-order valence-electron chi connectivity index (χ3n) is 8.33. The number of alkyl halides is 1. The molecular formula is C31H37ClF4N4O. The number of nitrogens with two attached hydrogens (primary N) is 1. The maximum Gasteiger partial charge on any atom is 0.348 e. The highest BCUT2D eigenvalue weighted by molar-refractivity contribution is 6.33. The fraction of sp³-hybridized carbons (Fsp3) is 0.484. The first-order valence-corrected chi connectivity index (χ1v) is 14.3. The Hall–Kier alpha value is -2.75. The lowest BCUT2D eigenvalue weighted by Gasteiger charge is -2.41. The van der Waals surface area contributed by atoms with Gasteiger partial charge in [-0.25, -0.2) is 22.4 Å². The van der Waals surface area contributed by atoms with E-state index in [1.807, 2.05) is 18.7 Å². The number of nitrogens with zero attached hydrogens (tertiary/aromatic N) is 3. The second-order valence-corrected chi connectivity index (χ2v) is 12.1. The Morgan fingerprint density at radius 1 is 1.12 bits per heavy atom. The molecule has 222 valence electrons. The smallest absolute Gasteiger partial charge is 0.319 e. The van der Waals surface area contributed by atoms with E-state index >= 15 is 8.78 Å². The molecule has 4 rings (SSSR count). The van der Waals surface area contributed by atoms with Gasteiger partial charge in [-0.05, 0) is 61.4 Å². The molecule has 1 aromatic heterocycles. The number of benzene rings is 2. The van der Waals surface area contributed by atoms with Gasteiger partial charge in [-0.3, -0.25) is 9.47 Å². The zero-order chi connectivity index (χ0) is 30.4. The minimum Gasteiger partial charge on any atom is -0.319 e. The van der Waals surface area contributed by atoms with Crippen LogP contribution < -0.4 is 11.4 Å². The molecule has 2 heterocycles. The highest BCUT2D eigenvalue weighted by atomic mass is 35.5. The molecule has 0 saturated carbocycles. The normalized spacial score (nSPS) is 16.7. The summed E-state index contributed by atoms with van der Waals surface area (Å²) in [5.41, 5.74) is 5.21. The fourth-order valence-corrected chi connectivity index (χ4v) is 6.02. The van der Waals surface area contributed by atoms with E-state index in [1.165, 1.54) is 29.7 Å². The van der Waals surface area contributed by atoms with Crippen molar-refractivity contribution in [3.8, 4) is 11.1 Å². The van der Waals surface area contributed by atoms with Crippen LogP contribution in [0.5, 0.6) is 0 Å². The summed E-state index contributed by atoms with van der Waals surface area (Å²) < 4.78 is 62.0. The van der Waals surface area contributed by atoms with Gasteiger partial charge in [0.25, 0.3) is 0 Å². The van der Waals surface area contributed by atoms with Gasteiger partial charge in [-0.2, -0.15) is 4.98 Å². The van der Waals surface area contributed by atoms with Crippen molar-refractivity contribution in [2.45, 2.75) is 71.6 Å². The first-order valence-electron chi connectivity index (χ1n) is 13.9. The predicted octanol–water partition coefficient (Wildman–Crippen LogP) is 6.68. The summed E-state index contributed by atoms with van der Waals surface area (Å²) in [4.78, 5) is 19.7. The molecule has 3 aromatic rings. The van der Waals surface area contributed by atoms with E-state index < -0.39 is 52.4 Å². The van der Waals surface area contributed by atoms with Gasteiger partial charge in [0.05, 0.1) is 22.3 Å². The molecular weight excluding hydrogens is 556 g/mol. The lowest BCUT2D eigenvalue weighted by atomic mass is 9.73. The Labute approximate surface area is 243 Å². The van der Waals surface area contributed by atoms with Crippen molar-refractivity contribution in [2.75, 3.05) is 19.6 Å². The second kappa shape index (κ2) is 11.9. The Bertz CT molecular complexity index is 1480. The van der Waals surface area contributed by atoms with Crippen molar-refractivity contribution < 1.29 is 17.6 Å². The molecule has 1 saturated heterocycles. The molecule has 1 aliphatic heterocycles. The van der Waals surface area contributed by atoms with Gasteiger partial charge in [0.15, 0.2) is 0 Å². The quantitative estimate of drug-likeness (QED) is 0.282. The summed E-state index contributed by atoms with van der Waals surface area (Å²) in [6, 6.07) is 4.23. The Morgan fingerprint density at radius 3 is 2.34 bits per heavy atom. The molecule has 0 amide bonds. The van der Waals surface area contributed by atoms with Crippen molar-refractivity contribution in [3.05, 3.63) is 85.8 Å². The number of hydrogen-bond acceptors (Lipinski definition) is 4. The fourth-order valence-electron chi connectivity index (χ4n) is 5.76. The van der Waals surface area contributed by atoms with Gasteiger partial charge in [0.2, 0.25) is 0 Å². The van der Waals surface area contributed by atoms with Crippen LogP contribution in [0.4, 0.5) is 17.6 Å². The van der Waals surface area contributed by atoms with Crippen molar-refractivity contribution in [1.29, 1.82) is 0 Å². The van der Waals surface area contributed by atoms with Crippen LogP contribution in [0.1, 0.15) is 69.0 Å². The highest BCUT2D eigenvalue weighted by Gasteiger charge is 2.44. The zero-order valence-electron chi connectivity index (χ0n) is 24.2. The summed E-state index contributed by atoms with van der Waals surface area (Å²) in [6.45, 7) is 11.7. The van der Waals surface area contributed by atoms with Crippen LogP contribution in [0.3, 0.4) is 0 Å². The average Bonchev–Trinajstić information content (AvgIpc) is 2.88. The maximum atomic E-state index is 16.4. The van der Waals surface area contributed by atoms with Crippen LogP contribution in [-0.2, 0) is 12.0 Å². The molecule has 41 heavy (non-hydrogen) atoms. The summed E-state index contributed by atoms with van der Waals surface area (Å²) in [5, 5.41) is -0.0308. The van der Waals surface area contributed by atoms with Crippen LogP contribution >= 0.6 is 11.6 Å². The molecule has 1 aliphatic rings. The molecule has 0 radical (unpaired) electrons. The molecule has 5 nitrogen and oxygen atoms in total. The van der Waals surface area contributed by atoms with E-state index in [9.17, 15) is 13.6 Å². The van der Waals surface area contributed by atoms with E-state index in [1.54, 1.807) is 27.0 Å². The van der Waals surface area contributed by atoms with Crippen LogP contribution in [0.2, 0.25) is 5.02 Å². The first kappa shape index (κ1) is 31.2. The van der Waals surface area contributed by atoms with Gasteiger partial charge in [0.1, 0.15) is 23.6 Å². The van der Waals surface area contributed by atoms with E-state index in [0.29, 0.717) is 31.7 Å². The largest absolute Gasteiger partial charge is 0.348 e. The lowest BCUT2D eigenvalue weighted by molar-refractivity contribution is 0.0669. The zero-order valence-corrected chi connectivity index (χ0v) is 25.0. The molecule has 1 fully saturated rings. The maximum absolute atomic E-state index is 16.4. The third kappa shape index (κ3) is 5.68. The molecule has 0 aliphatic carbocycles. The standard InChI is InChI=1S/C31H37ClF4N4O/c1-16(2)29-20(10-11-39-14-21(33)15-39)13-40(30(41)38-29)19(6)31(37,17(3)4)26-27(35)18(5)12-22(28(26)36)25-23(32)8-7-9-24(25)34/h7-9,12-13,16-17,19,21H,10-11,14-15,37H2,1-6H3. The van der Waals surface area contributed by atoms with Crippen molar-refractivity contribution in [3.63, 3.8) is 0 Å². The van der Waals surface area contributed by atoms with Crippen molar-refractivity contribution in [1.82, 2.24) is 14.5 Å². The molecule has 2 N–H and O–H groups in total. The number of rotatable bonds is 9. The monoisotopic (exact) mass is 592 g/mol. The molecule has 10 heteroatoms. The number of aromatic nitrogens is 2. The van der Waals surface area contributed by atoms with Crippen LogP contribution in [-0.4, -0.2) is 40.3 Å². The number of likely N-dealkylation sites (tertiary alicyclic amines) is 1. The SMILES string of the molecule is Cc1cc(-c2c(F)cccc2Cl)c(F)c(C(N)(C(C)C)C(C)n2cc(CCN3CC(F)C3)c(C(C)C)nc2=O)c1F. The molecule has 2 unspecified atom stereocenters. The van der Waals surface area contributed by atoms with E-state index in [4.69, 9.17) is 17.3 Å². The summed E-state index contributed by atoms with van der Waals surface area (Å²) >= 11 is 6.26. The van der Waals surface area contributed by atoms with Crippen molar-refractivity contribution in [2.24, 2.45) is 11.7 Å². The van der Waals surface area contributed by atoms with Gasteiger partial charge in [-0.1, -0.05) is 45.4 Å². The number of halogens is 5. The Balaban J connectivity index is 1.88. The summed E-state index contributed by atoms with van der Waals surface area (Å²) in [5.74, 6) is -3.30. The minimum absolute atomic E-state index is 0.0308. The summed E-state index contributed by atoms with van der Waals surface area (Å²) in [7, 11) is 0. The van der Waals surface area contributed by atoms with Gasteiger partial charge < -0.3 is 5.73 Å². The van der Waals surface area contributed by atoms with Gasteiger partial charge >= 0.3 is 5.69 Å². The number of aryl methyl sites for hydroxylation is 1. The van der Waals surface area contributed by atoms with E-state index in [0.717, 1.165) is 11.6 Å². The second-order valence-electron chi connectivity index (χ2n) is 11.7. The molecule has 0 bridgehead atoms. The van der Waals surface area contributed by atoms with Crippen LogP contribution in [0.15, 0.2) is 35.3 Å². The highest BCUT2D eigenvalue weighted by Crippen LogP contribution is 2.44. The molecule has 2 atom stereocenters. The van der Waals surface area contributed by atoms with Crippen LogP contribution in [0, 0.1) is 30.3 Å². The van der Waals surface area contributed by atoms with E-state index in [2.05, 4.69) is 4.98 Å². The van der Waals surface area contributed by atoms with Gasteiger partial charge in [0, 0.05) is 42.5 Å². The molecule has 0 spiro atoms. The minimum atomic E-state index is -1.76. The Morgan fingerprint density at radius 2 is 1.78 bits per heavy atom. The van der Waals surface area contributed by atoms with Crippen molar-refractivity contribution >= 4 is 11.6 Å². The number of hydrogen-bond donors (Lipinski definition) is 1. The van der Waals surface area contributed by atoms with Crippen LogP contribution in [0.25, 0.3) is 11.1 Å². The molecule has 2 aromatic carbocycles. The lowest BCUT2D eigenvalue weighted by Crippen LogP contribution is -2.52. The topological polar surface area (TPSA) is 64.2 Å². The summed E-state index contributed by atoms with van der Waals surface area (Å²) in [6.07, 6.45) is 1.34. The van der Waals surface area contributed by atoms with E-state index in [-0.39, 0.29) is 27.6 Å². The average molecular weight is 593 g/mol. The first-order chi connectivity index (χ1) is 19.2. The Kier molecular flexibility index (Phi) is 9.02. The third-order valence-corrected chi connectivity index (χ3v) is 8.64. The predicted molar refractivity (Wildman–Crippen MR) is 155 cm³/mol. The van der Waals surface area contributed by atoms with Gasteiger partial charge in [-0.15, -0.1) is 0 Å².